The Kier molecular flexibility index (Phi) is 8.61. The standard InChI is InChI=1S/C18H21F3N2O6/c1-3-28-13(24)9-12(17(27)29-4-2)14(15(22)25)23-16(26)10-6-5-7-11(8-10)18(19,20)21/h5-8,12,14H,3-4,9H2,1-2H3,(H2,22,25)(H,23,26)/t12-,14+/m0/s1. The molecule has 1 rings (SSSR count). The molecule has 1 aromatic rings. The third-order valence-electron chi connectivity index (χ3n) is 3.73. The van der Waals surface area contributed by atoms with Gasteiger partial charge in [0.05, 0.1) is 31.1 Å². The zero-order chi connectivity index (χ0) is 22.2. The lowest BCUT2D eigenvalue weighted by Gasteiger charge is -2.23. The third-order valence-corrected chi connectivity index (χ3v) is 3.73. The largest absolute Gasteiger partial charge is 0.466 e. The molecule has 0 spiro atoms. The van der Waals surface area contributed by atoms with Gasteiger partial charge in [0.2, 0.25) is 5.91 Å². The number of esters is 2. The molecule has 1 aromatic carbocycles. The molecule has 11 heteroatoms. The van der Waals surface area contributed by atoms with Gasteiger partial charge in [-0.05, 0) is 32.0 Å². The number of ether oxygens (including phenoxy) is 2. The van der Waals surface area contributed by atoms with Crippen LogP contribution < -0.4 is 11.1 Å². The van der Waals surface area contributed by atoms with Crippen LogP contribution in [0.25, 0.3) is 0 Å². The summed E-state index contributed by atoms with van der Waals surface area (Å²) in [5, 5.41) is 2.11. The van der Waals surface area contributed by atoms with E-state index in [1.54, 1.807) is 0 Å². The number of benzene rings is 1. The second-order valence-corrected chi connectivity index (χ2v) is 5.80. The Morgan fingerprint density at radius 1 is 1.10 bits per heavy atom. The van der Waals surface area contributed by atoms with Gasteiger partial charge >= 0.3 is 18.1 Å². The maximum absolute atomic E-state index is 12.8. The summed E-state index contributed by atoms with van der Waals surface area (Å²) in [6.07, 6.45) is -5.31. The minimum Gasteiger partial charge on any atom is -0.466 e. The number of alkyl halides is 3. The van der Waals surface area contributed by atoms with Gasteiger partial charge in [-0.25, -0.2) is 0 Å². The average molecular weight is 418 g/mol. The highest BCUT2D eigenvalue weighted by atomic mass is 19.4. The van der Waals surface area contributed by atoms with Crippen LogP contribution in [-0.2, 0) is 30.0 Å². The first-order valence-electron chi connectivity index (χ1n) is 8.60. The van der Waals surface area contributed by atoms with Crippen LogP contribution in [0.2, 0.25) is 0 Å². The van der Waals surface area contributed by atoms with Gasteiger partial charge in [0, 0.05) is 5.56 Å². The van der Waals surface area contributed by atoms with Gasteiger partial charge in [0.25, 0.3) is 5.91 Å². The highest BCUT2D eigenvalue weighted by Gasteiger charge is 2.37. The fourth-order valence-electron chi connectivity index (χ4n) is 2.42. The molecule has 0 radical (unpaired) electrons. The maximum Gasteiger partial charge on any atom is 0.416 e. The Bertz CT molecular complexity index is 766. The highest BCUT2D eigenvalue weighted by molar-refractivity contribution is 5.99. The van der Waals surface area contributed by atoms with Crippen molar-refractivity contribution in [2.24, 2.45) is 11.7 Å². The second kappa shape index (κ2) is 10.4. The summed E-state index contributed by atoms with van der Waals surface area (Å²) in [5.41, 5.74) is 3.77. The van der Waals surface area contributed by atoms with Crippen molar-refractivity contribution >= 4 is 23.8 Å². The van der Waals surface area contributed by atoms with E-state index >= 15 is 0 Å². The summed E-state index contributed by atoms with van der Waals surface area (Å²) >= 11 is 0. The van der Waals surface area contributed by atoms with Crippen LogP contribution in [0.15, 0.2) is 24.3 Å². The molecule has 3 N–H and O–H groups in total. The van der Waals surface area contributed by atoms with Crippen molar-refractivity contribution in [2.45, 2.75) is 32.5 Å². The fourth-order valence-corrected chi connectivity index (χ4v) is 2.42. The summed E-state index contributed by atoms with van der Waals surface area (Å²) in [7, 11) is 0. The molecule has 0 heterocycles. The summed E-state index contributed by atoms with van der Waals surface area (Å²) in [6, 6.07) is 1.74. The van der Waals surface area contributed by atoms with Crippen LogP contribution >= 0.6 is 0 Å². The number of hydrogen-bond donors (Lipinski definition) is 2. The van der Waals surface area contributed by atoms with Gasteiger partial charge in [-0.2, -0.15) is 13.2 Å². The maximum atomic E-state index is 12.8. The molecule has 0 aliphatic heterocycles. The molecule has 0 aliphatic carbocycles. The van der Waals surface area contributed by atoms with Crippen molar-refractivity contribution in [3.05, 3.63) is 35.4 Å². The molecule has 0 bridgehead atoms. The Hall–Kier alpha value is -3.11. The molecule has 0 saturated carbocycles. The molecule has 160 valence electrons. The van der Waals surface area contributed by atoms with Crippen LogP contribution in [0, 0.1) is 5.92 Å². The third kappa shape index (κ3) is 7.09. The van der Waals surface area contributed by atoms with Crippen LogP contribution in [-0.4, -0.2) is 43.0 Å². The van der Waals surface area contributed by atoms with Crippen molar-refractivity contribution < 1.29 is 41.8 Å². The predicted molar refractivity (Wildman–Crippen MR) is 93.3 cm³/mol. The molecule has 29 heavy (non-hydrogen) atoms. The van der Waals surface area contributed by atoms with Crippen molar-refractivity contribution in [2.75, 3.05) is 13.2 Å². The van der Waals surface area contributed by atoms with Crippen molar-refractivity contribution in [3.8, 4) is 0 Å². The summed E-state index contributed by atoms with van der Waals surface area (Å²) in [5.74, 6) is -5.61. The Labute approximate surface area is 164 Å². The topological polar surface area (TPSA) is 125 Å². The van der Waals surface area contributed by atoms with Crippen molar-refractivity contribution in [1.82, 2.24) is 5.32 Å². The quantitative estimate of drug-likeness (QED) is 0.585. The van der Waals surface area contributed by atoms with Crippen LogP contribution in [0.4, 0.5) is 13.2 Å². The van der Waals surface area contributed by atoms with E-state index in [0.29, 0.717) is 6.07 Å². The lowest BCUT2D eigenvalue weighted by Crippen LogP contribution is -2.52. The molecule has 2 atom stereocenters. The molecule has 0 unspecified atom stereocenters. The van der Waals surface area contributed by atoms with E-state index in [-0.39, 0.29) is 13.2 Å². The molecule has 2 amide bonds. The lowest BCUT2D eigenvalue weighted by molar-refractivity contribution is -0.156. The summed E-state index contributed by atoms with van der Waals surface area (Å²) in [6.45, 7) is 2.94. The van der Waals surface area contributed by atoms with Crippen molar-refractivity contribution in [1.29, 1.82) is 0 Å². The van der Waals surface area contributed by atoms with E-state index in [4.69, 9.17) is 15.2 Å². The molecule has 0 aromatic heterocycles. The van der Waals surface area contributed by atoms with Crippen LogP contribution in [0.3, 0.4) is 0 Å². The van der Waals surface area contributed by atoms with Gasteiger partial charge in [0.15, 0.2) is 0 Å². The van der Waals surface area contributed by atoms with E-state index in [1.807, 2.05) is 0 Å². The average Bonchev–Trinajstić information content (AvgIpc) is 2.64. The molecule has 0 saturated heterocycles. The van der Waals surface area contributed by atoms with E-state index in [1.165, 1.54) is 13.8 Å². The van der Waals surface area contributed by atoms with E-state index in [9.17, 15) is 32.3 Å². The number of amides is 2. The number of carbonyl (C=O) groups is 4. The Morgan fingerprint density at radius 2 is 1.72 bits per heavy atom. The van der Waals surface area contributed by atoms with Gasteiger partial charge < -0.3 is 20.5 Å². The molecule has 8 nitrogen and oxygen atoms in total. The SMILES string of the molecule is CCOC(=O)C[C@H](C(=O)OCC)[C@@H](NC(=O)c1cccc(C(F)(F)F)c1)C(N)=O. The van der Waals surface area contributed by atoms with Gasteiger partial charge in [-0.15, -0.1) is 0 Å². The smallest absolute Gasteiger partial charge is 0.416 e. The number of halogens is 3. The zero-order valence-electron chi connectivity index (χ0n) is 15.7. The molecule has 0 fully saturated rings. The van der Waals surface area contributed by atoms with Gasteiger partial charge in [-0.1, -0.05) is 6.07 Å². The number of carbonyl (C=O) groups excluding carboxylic acids is 4. The van der Waals surface area contributed by atoms with E-state index < -0.39 is 59.4 Å². The first-order chi connectivity index (χ1) is 13.5. The number of primary amides is 1. The minimum atomic E-state index is -4.68. The Balaban J connectivity index is 3.15. The Morgan fingerprint density at radius 3 is 2.24 bits per heavy atom. The summed E-state index contributed by atoms with van der Waals surface area (Å²) in [4.78, 5) is 48.2. The van der Waals surface area contributed by atoms with E-state index in [2.05, 4.69) is 5.32 Å². The molecular weight excluding hydrogens is 397 g/mol. The monoisotopic (exact) mass is 418 g/mol. The van der Waals surface area contributed by atoms with Crippen LogP contribution in [0.5, 0.6) is 0 Å². The second-order valence-electron chi connectivity index (χ2n) is 5.80. The van der Waals surface area contributed by atoms with Crippen molar-refractivity contribution in [3.63, 3.8) is 0 Å². The lowest BCUT2D eigenvalue weighted by atomic mass is 9.94. The first kappa shape index (κ1) is 23.9. The molecule has 0 aliphatic rings. The zero-order valence-corrected chi connectivity index (χ0v) is 15.7. The van der Waals surface area contributed by atoms with Gasteiger partial charge in [0.1, 0.15) is 6.04 Å². The summed E-state index contributed by atoms with van der Waals surface area (Å²) < 4.78 is 48.1. The fraction of sp³-hybridized carbons (Fsp3) is 0.444. The van der Waals surface area contributed by atoms with Gasteiger partial charge in [-0.3, -0.25) is 19.2 Å². The minimum absolute atomic E-state index is 0.00616. The van der Waals surface area contributed by atoms with E-state index in [0.717, 1.165) is 18.2 Å². The number of nitrogens with one attached hydrogen (secondary N) is 1. The normalized spacial score (nSPS) is 13.1. The number of hydrogen-bond acceptors (Lipinski definition) is 6. The molecular formula is C18H21F3N2O6. The first-order valence-corrected chi connectivity index (χ1v) is 8.60. The number of rotatable bonds is 9. The van der Waals surface area contributed by atoms with Crippen LogP contribution in [0.1, 0.15) is 36.2 Å². The highest BCUT2D eigenvalue weighted by Crippen LogP contribution is 2.29. The number of nitrogens with two attached hydrogens (primary N) is 1. The predicted octanol–water partition coefficient (Wildman–Crippen LogP) is 1.42.